The van der Waals surface area contributed by atoms with Crippen molar-refractivity contribution in [3.63, 3.8) is 0 Å². The molecule has 80 valence electrons. The highest BCUT2D eigenvalue weighted by Gasteiger charge is 2.14. The summed E-state index contributed by atoms with van der Waals surface area (Å²) in [7, 11) is 0. The normalized spacial score (nSPS) is 12.4. The number of halogens is 3. The van der Waals surface area contributed by atoms with Gasteiger partial charge in [-0.15, -0.1) is 12.4 Å². The van der Waals surface area contributed by atoms with Crippen molar-refractivity contribution in [1.29, 1.82) is 0 Å². The molecule has 0 aliphatic rings. The molecule has 1 rings (SSSR count). The standard InChI is InChI=1S/C10H13F2N.ClH/c1-6(2)10(13)8-4-3-7(11)5-9(8)12;/h3-6,10H,13H2,1-2H3;1H/t10-;/m1./s1. The van der Waals surface area contributed by atoms with E-state index < -0.39 is 11.6 Å². The third-order valence-electron chi connectivity index (χ3n) is 2.04. The van der Waals surface area contributed by atoms with Crippen LogP contribution in [0.5, 0.6) is 0 Å². The molecule has 14 heavy (non-hydrogen) atoms. The fourth-order valence-corrected chi connectivity index (χ4v) is 1.13. The summed E-state index contributed by atoms with van der Waals surface area (Å²) in [6, 6.07) is 3.11. The first-order valence-corrected chi connectivity index (χ1v) is 4.23. The highest BCUT2D eigenvalue weighted by molar-refractivity contribution is 5.85. The summed E-state index contributed by atoms with van der Waals surface area (Å²) in [5, 5.41) is 0. The van der Waals surface area contributed by atoms with E-state index in [4.69, 9.17) is 5.73 Å². The summed E-state index contributed by atoms with van der Waals surface area (Å²) >= 11 is 0. The average molecular weight is 222 g/mol. The average Bonchev–Trinajstić information content (AvgIpc) is 2.03. The summed E-state index contributed by atoms with van der Waals surface area (Å²) in [5.41, 5.74) is 6.10. The van der Waals surface area contributed by atoms with Crippen molar-refractivity contribution in [3.05, 3.63) is 35.4 Å². The monoisotopic (exact) mass is 221 g/mol. The fourth-order valence-electron chi connectivity index (χ4n) is 1.13. The molecule has 0 aromatic heterocycles. The predicted octanol–water partition coefficient (Wildman–Crippen LogP) is 3.04. The van der Waals surface area contributed by atoms with E-state index in [2.05, 4.69) is 0 Å². The lowest BCUT2D eigenvalue weighted by Gasteiger charge is -2.16. The minimum absolute atomic E-state index is 0. The van der Waals surface area contributed by atoms with E-state index in [1.165, 1.54) is 12.1 Å². The smallest absolute Gasteiger partial charge is 0.130 e. The zero-order valence-corrected chi connectivity index (χ0v) is 8.94. The lowest BCUT2D eigenvalue weighted by Crippen LogP contribution is -2.18. The van der Waals surface area contributed by atoms with E-state index in [0.717, 1.165) is 6.07 Å². The molecule has 0 heterocycles. The maximum Gasteiger partial charge on any atom is 0.130 e. The summed E-state index contributed by atoms with van der Waals surface area (Å²) in [5.74, 6) is -1.00. The maximum absolute atomic E-state index is 13.1. The lowest BCUT2D eigenvalue weighted by atomic mass is 9.97. The van der Waals surface area contributed by atoms with E-state index in [0.29, 0.717) is 5.56 Å². The number of hydrogen-bond donors (Lipinski definition) is 1. The quantitative estimate of drug-likeness (QED) is 0.816. The van der Waals surface area contributed by atoms with Crippen LogP contribution >= 0.6 is 12.4 Å². The van der Waals surface area contributed by atoms with E-state index in [1.54, 1.807) is 0 Å². The molecule has 2 N–H and O–H groups in total. The number of hydrogen-bond acceptors (Lipinski definition) is 1. The molecule has 0 bridgehead atoms. The molecule has 0 saturated heterocycles. The van der Waals surface area contributed by atoms with E-state index in [-0.39, 0.29) is 24.4 Å². The second-order valence-corrected chi connectivity index (χ2v) is 3.44. The lowest BCUT2D eigenvalue weighted by molar-refractivity contribution is 0.480. The Morgan fingerprint density at radius 1 is 1.21 bits per heavy atom. The van der Waals surface area contributed by atoms with Crippen molar-refractivity contribution in [2.45, 2.75) is 19.9 Å². The molecule has 0 unspecified atom stereocenters. The second-order valence-electron chi connectivity index (χ2n) is 3.44. The first-order valence-electron chi connectivity index (χ1n) is 4.23. The minimum atomic E-state index is -0.572. The van der Waals surface area contributed by atoms with Crippen molar-refractivity contribution < 1.29 is 8.78 Å². The summed E-state index contributed by atoms with van der Waals surface area (Å²) in [6.07, 6.45) is 0. The van der Waals surface area contributed by atoms with Crippen LogP contribution in [-0.4, -0.2) is 0 Å². The highest BCUT2D eigenvalue weighted by atomic mass is 35.5. The van der Waals surface area contributed by atoms with Gasteiger partial charge in [0.1, 0.15) is 11.6 Å². The van der Waals surface area contributed by atoms with Crippen LogP contribution in [0, 0.1) is 17.6 Å². The molecular weight excluding hydrogens is 208 g/mol. The van der Waals surface area contributed by atoms with Gasteiger partial charge in [0.05, 0.1) is 0 Å². The molecule has 1 aromatic carbocycles. The molecule has 0 amide bonds. The molecule has 0 saturated carbocycles. The van der Waals surface area contributed by atoms with Crippen molar-refractivity contribution in [2.75, 3.05) is 0 Å². The summed E-state index contributed by atoms with van der Waals surface area (Å²) in [6.45, 7) is 3.79. The first kappa shape index (κ1) is 13.3. The zero-order valence-electron chi connectivity index (χ0n) is 8.13. The van der Waals surface area contributed by atoms with Crippen LogP contribution in [0.2, 0.25) is 0 Å². The van der Waals surface area contributed by atoms with Gasteiger partial charge in [-0.1, -0.05) is 19.9 Å². The molecule has 1 atom stereocenters. The van der Waals surface area contributed by atoms with Crippen molar-refractivity contribution in [2.24, 2.45) is 11.7 Å². The van der Waals surface area contributed by atoms with Gasteiger partial charge < -0.3 is 5.73 Å². The van der Waals surface area contributed by atoms with Gasteiger partial charge in [0, 0.05) is 17.7 Å². The Morgan fingerprint density at radius 2 is 1.79 bits per heavy atom. The largest absolute Gasteiger partial charge is 0.324 e. The van der Waals surface area contributed by atoms with Gasteiger partial charge in [0.2, 0.25) is 0 Å². The van der Waals surface area contributed by atoms with Gasteiger partial charge in [0.15, 0.2) is 0 Å². The van der Waals surface area contributed by atoms with Crippen LogP contribution in [0.15, 0.2) is 18.2 Å². The number of benzene rings is 1. The van der Waals surface area contributed by atoms with Gasteiger partial charge in [-0.05, 0) is 12.0 Å². The first-order chi connectivity index (χ1) is 6.02. The van der Waals surface area contributed by atoms with Crippen LogP contribution in [-0.2, 0) is 0 Å². The van der Waals surface area contributed by atoms with Gasteiger partial charge in [-0.2, -0.15) is 0 Å². The highest BCUT2D eigenvalue weighted by Crippen LogP contribution is 2.21. The number of rotatable bonds is 2. The molecule has 0 aliphatic heterocycles. The van der Waals surface area contributed by atoms with E-state index in [1.807, 2.05) is 13.8 Å². The van der Waals surface area contributed by atoms with Crippen LogP contribution in [0.3, 0.4) is 0 Å². The molecule has 0 aliphatic carbocycles. The Hall–Kier alpha value is -0.670. The predicted molar refractivity (Wildman–Crippen MR) is 55.4 cm³/mol. The maximum atomic E-state index is 13.1. The van der Waals surface area contributed by atoms with Crippen molar-refractivity contribution in [1.82, 2.24) is 0 Å². The van der Waals surface area contributed by atoms with Gasteiger partial charge in [-0.25, -0.2) is 8.78 Å². The topological polar surface area (TPSA) is 26.0 Å². The fraction of sp³-hybridized carbons (Fsp3) is 0.400. The molecule has 0 radical (unpaired) electrons. The van der Waals surface area contributed by atoms with Gasteiger partial charge in [-0.3, -0.25) is 0 Å². The van der Waals surface area contributed by atoms with E-state index >= 15 is 0 Å². The summed E-state index contributed by atoms with van der Waals surface area (Å²) < 4.78 is 25.7. The molecule has 0 spiro atoms. The Balaban J connectivity index is 0.00000169. The van der Waals surface area contributed by atoms with Crippen LogP contribution < -0.4 is 5.73 Å². The molecular formula is C10H14ClF2N. The Kier molecular flexibility index (Phi) is 5.02. The Morgan fingerprint density at radius 3 is 2.21 bits per heavy atom. The Bertz CT molecular complexity index is 302. The molecule has 4 heteroatoms. The van der Waals surface area contributed by atoms with Crippen molar-refractivity contribution in [3.8, 4) is 0 Å². The second kappa shape index (κ2) is 5.27. The van der Waals surface area contributed by atoms with Crippen LogP contribution in [0.4, 0.5) is 8.78 Å². The molecule has 0 fully saturated rings. The third-order valence-corrected chi connectivity index (χ3v) is 2.04. The Labute approximate surface area is 88.7 Å². The van der Waals surface area contributed by atoms with Gasteiger partial charge >= 0.3 is 0 Å². The molecule has 1 nitrogen and oxygen atoms in total. The SMILES string of the molecule is CC(C)[C@@H](N)c1ccc(F)cc1F.Cl. The van der Waals surface area contributed by atoms with Crippen LogP contribution in [0.25, 0.3) is 0 Å². The van der Waals surface area contributed by atoms with Crippen LogP contribution in [0.1, 0.15) is 25.5 Å². The number of nitrogens with two attached hydrogens (primary N) is 1. The minimum Gasteiger partial charge on any atom is -0.324 e. The third kappa shape index (κ3) is 2.93. The van der Waals surface area contributed by atoms with Crippen molar-refractivity contribution >= 4 is 12.4 Å². The van der Waals surface area contributed by atoms with E-state index in [9.17, 15) is 8.78 Å². The zero-order chi connectivity index (χ0) is 10.0. The van der Waals surface area contributed by atoms with Gasteiger partial charge in [0.25, 0.3) is 0 Å². The molecule has 1 aromatic rings. The summed E-state index contributed by atoms with van der Waals surface area (Å²) in [4.78, 5) is 0.